The molecule has 0 radical (unpaired) electrons. The third kappa shape index (κ3) is 6.55. The Morgan fingerprint density at radius 3 is 1.95 bits per heavy atom. The number of carbonyl (C=O) groups is 1. The third-order valence-electron chi connectivity index (χ3n) is 7.43. The molecule has 9 heteroatoms. The van der Waals surface area contributed by atoms with Crippen molar-refractivity contribution in [3.63, 3.8) is 0 Å². The molecular weight excluding hydrogens is 555 g/mol. The number of hydrogen-bond donors (Lipinski definition) is 1. The monoisotopic (exact) mass is 593 g/mol. The minimum absolute atomic E-state index is 0.0106. The predicted octanol–water partition coefficient (Wildman–Crippen LogP) is 4.23. The fourth-order valence-electron chi connectivity index (χ4n) is 5.35. The summed E-state index contributed by atoms with van der Waals surface area (Å²) in [5.41, 5.74) is 7.98. The lowest BCUT2D eigenvalue weighted by Crippen LogP contribution is -2.69. The zero-order chi connectivity index (χ0) is 29.8. The summed E-state index contributed by atoms with van der Waals surface area (Å²) in [6, 6.07) is 25.6. The number of carbonyl (C=O) groups excluding carboxylic acids is 1. The molecule has 41 heavy (non-hydrogen) atoms. The Bertz CT molecular complexity index is 1430. The van der Waals surface area contributed by atoms with E-state index in [-0.39, 0.29) is 28.5 Å². The largest absolute Gasteiger partial charge is 0.463 e. The van der Waals surface area contributed by atoms with E-state index in [0.717, 1.165) is 15.9 Å². The maximum atomic E-state index is 13.3. The Balaban J connectivity index is 1.81. The second-order valence-electron chi connectivity index (χ2n) is 11.3. The smallest absolute Gasteiger partial charge is 0.333 e. The van der Waals surface area contributed by atoms with E-state index in [1.165, 1.54) is 18.2 Å². The highest BCUT2D eigenvalue weighted by Gasteiger charge is 2.53. The Kier molecular flexibility index (Phi) is 9.35. The second-order valence-corrected chi connectivity index (χ2v) is 17.2. The van der Waals surface area contributed by atoms with Gasteiger partial charge in [-0.1, -0.05) is 99.1 Å². The molecular formula is C32H39NO6SSi. The van der Waals surface area contributed by atoms with Crippen molar-refractivity contribution >= 4 is 34.8 Å². The molecule has 0 amide bonds. The molecule has 3 aromatic rings. The highest BCUT2D eigenvalue weighted by molar-refractivity contribution is 7.86. The van der Waals surface area contributed by atoms with Gasteiger partial charge in [0.25, 0.3) is 18.4 Å². The molecule has 0 heterocycles. The number of hydrogen-bond acceptors (Lipinski definition) is 7. The van der Waals surface area contributed by atoms with Crippen LogP contribution < -0.4 is 16.1 Å². The van der Waals surface area contributed by atoms with E-state index in [2.05, 4.69) is 45.0 Å². The van der Waals surface area contributed by atoms with Crippen molar-refractivity contribution in [1.29, 1.82) is 0 Å². The predicted molar refractivity (Wildman–Crippen MR) is 163 cm³/mol. The molecule has 218 valence electrons. The Morgan fingerprint density at radius 2 is 1.46 bits per heavy atom. The molecule has 3 aromatic carbocycles. The van der Waals surface area contributed by atoms with Crippen LogP contribution >= 0.6 is 0 Å². The Labute approximate surface area is 244 Å². The number of nitrogens with two attached hydrogens (primary N) is 1. The highest BCUT2D eigenvalue weighted by atomic mass is 32.2. The zero-order valence-corrected chi connectivity index (χ0v) is 26.1. The van der Waals surface area contributed by atoms with Gasteiger partial charge in [-0.3, -0.25) is 4.18 Å². The van der Waals surface area contributed by atoms with Crippen LogP contribution in [0.3, 0.4) is 0 Å². The average Bonchev–Trinajstić information content (AvgIpc) is 2.94. The molecule has 0 saturated heterocycles. The van der Waals surface area contributed by atoms with Gasteiger partial charge >= 0.3 is 5.97 Å². The van der Waals surface area contributed by atoms with Gasteiger partial charge in [0.05, 0.1) is 23.6 Å². The second kappa shape index (κ2) is 12.4. The van der Waals surface area contributed by atoms with Crippen LogP contribution in [0, 0.1) is 6.92 Å². The summed E-state index contributed by atoms with van der Waals surface area (Å²) in [5, 5.41) is 1.73. The van der Waals surface area contributed by atoms with E-state index >= 15 is 0 Å². The quantitative estimate of drug-likeness (QED) is 0.225. The summed E-state index contributed by atoms with van der Waals surface area (Å²) < 4.78 is 44.9. The first kappa shape index (κ1) is 30.9. The van der Waals surface area contributed by atoms with Gasteiger partial charge in [-0.25, -0.2) is 4.79 Å². The number of rotatable bonds is 9. The average molecular weight is 594 g/mol. The fraction of sp³-hybridized carbons (Fsp3) is 0.344. The molecule has 4 rings (SSSR count). The molecule has 0 bridgehead atoms. The van der Waals surface area contributed by atoms with E-state index < -0.39 is 42.7 Å². The van der Waals surface area contributed by atoms with Gasteiger partial charge < -0.3 is 14.9 Å². The molecule has 0 unspecified atom stereocenters. The van der Waals surface area contributed by atoms with Crippen molar-refractivity contribution < 1.29 is 26.6 Å². The Hall–Kier alpha value is -3.08. The lowest BCUT2D eigenvalue weighted by atomic mass is 9.91. The standard InChI is InChI=1S/C32H39NO6SSi/c1-6-37-31(34)24-21-28(38-40(35,36)25-19-17-23(2)18-20-25)30(33)29(22-24)39-41(32(3,4)5,26-13-9-7-10-14-26)27-15-11-8-12-16-27/h7-21,28-30H,6,22,33H2,1-5H3/t28-,29+,30-/m0/s1. The summed E-state index contributed by atoms with van der Waals surface area (Å²) in [7, 11) is -7.28. The highest BCUT2D eigenvalue weighted by Crippen LogP contribution is 2.39. The van der Waals surface area contributed by atoms with Gasteiger partial charge in [0.2, 0.25) is 0 Å². The third-order valence-corrected chi connectivity index (χ3v) is 13.8. The number of esters is 1. The minimum Gasteiger partial charge on any atom is -0.463 e. The molecule has 0 fully saturated rings. The van der Waals surface area contributed by atoms with Gasteiger partial charge in [-0.2, -0.15) is 8.42 Å². The van der Waals surface area contributed by atoms with Crippen LogP contribution in [-0.4, -0.2) is 47.6 Å². The van der Waals surface area contributed by atoms with Gasteiger partial charge in [0.1, 0.15) is 6.10 Å². The normalized spacial score (nSPS) is 19.9. The first-order valence-electron chi connectivity index (χ1n) is 13.8. The summed E-state index contributed by atoms with van der Waals surface area (Å²) >= 11 is 0. The zero-order valence-electron chi connectivity index (χ0n) is 24.2. The molecule has 2 N–H and O–H groups in total. The molecule has 3 atom stereocenters. The topological polar surface area (TPSA) is 105 Å². The number of aryl methyl sites for hydroxylation is 1. The fourth-order valence-corrected chi connectivity index (χ4v) is 11.1. The van der Waals surface area contributed by atoms with Crippen LogP contribution in [0.2, 0.25) is 5.04 Å². The van der Waals surface area contributed by atoms with E-state index in [4.69, 9.17) is 19.1 Å². The van der Waals surface area contributed by atoms with Gasteiger partial charge in [-0.15, -0.1) is 0 Å². The summed E-state index contributed by atoms with van der Waals surface area (Å²) in [4.78, 5) is 13.0. The van der Waals surface area contributed by atoms with Gasteiger partial charge in [-0.05, 0) is 47.5 Å². The lowest BCUT2D eigenvalue weighted by molar-refractivity contribution is -0.139. The molecule has 0 saturated carbocycles. The number of benzene rings is 3. The van der Waals surface area contributed by atoms with Crippen LogP contribution in [0.4, 0.5) is 0 Å². The van der Waals surface area contributed by atoms with E-state index in [1.807, 2.05) is 43.3 Å². The lowest BCUT2D eigenvalue weighted by Gasteiger charge is -2.47. The van der Waals surface area contributed by atoms with Crippen molar-refractivity contribution in [3.8, 4) is 0 Å². The molecule has 7 nitrogen and oxygen atoms in total. The maximum Gasteiger partial charge on any atom is 0.333 e. The first-order valence-corrected chi connectivity index (χ1v) is 17.1. The van der Waals surface area contributed by atoms with Crippen LogP contribution in [0.25, 0.3) is 0 Å². The SMILES string of the molecule is CCOC(=O)C1=C[C@H](OS(=O)(=O)c2ccc(C)cc2)[C@H](N)[C@H](O[Si](c2ccccc2)(c2ccccc2)C(C)(C)C)C1. The summed E-state index contributed by atoms with van der Waals surface area (Å²) in [5.74, 6) is -0.545. The van der Waals surface area contributed by atoms with Crippen LogP contribution in [0.5, 0.6) is 0 Å². The van der Waals surface area contributed by atoms with Crippen molar-refractivity contribution in [2.75, 3.05) is 6.61 Å². The van der Waals surface area contributed by atoms with Crippen LogP contribution in [0.1, 0.15) is 39.7 Å². The van der Waals surface area contributed by atoms with Crippen molar-refractivity contribution in [3.05, 3.63) is 102 Å². The van der Waals surface area contributed by atoms with Crippen molar-refractivity contribution in [1.82, 2.24) is 0 Å². The number of ether oxygens (including phenoxy) is 1. The molecule has 1 aliphatic rings. The summed E-state index contributed by atoms with van der Waals surface area (Å²) in [6.45, 7) is 10.2. The van der Waals surface area contributed by atoms with E-state index in [1.54, 1.807) is 19.1 Å². The molecule has 0 aliphatic heterocycles. The minimum atomic E-state index is -4.19. The maximum absolute atomic E-state index is 13.3. The first-order chi connectivity index (χ1) is 19.4. The van der Waals surface area contributed by atoms with Crippen molar-refractivity contribution in [2.24, 2.45) is 5.73 Å². The van der Waals surface area contributed by atoms with Gasteiger partial charge in [0.15, 0.2) is 0 Å². The summed E-state index contributed by atoms with van der Waals surface area (Å²) in [6.07, 6.45) is -0.240. The van der Waals surface area contributed by atoms with E-state index in [9.17, 15) is 13.2 Å². The van der Waals surface area contributed by atoms with Crippen LogP contribution in [0.15, 0.2) is 101 Å². The Morgan fingerprint density at radius 1 is 0.927 bits per heavy atom. The van der Waals surface area contributed by atoms with Gasteiger partial charge in [0, 0.05) is 12.0 Å². The molecule has 0 aromatic heterocycles. The molecule has 1 aliphatic carbocycles. The van der Waals surface area contributed by atoms with E-state index in [0.29, 0.717) is 0 Å². The van der Waals surface area contributed by atoms with Crippen molar-refractivity contribution in [2.45, 2.75) is 69.2 Å². The molecule has 0 spiro atoms. The van der Waals surface area contributed by atoms with Crippen LogP contribution in [-0.2, 0) is 28.3 Å².